The van der Waals surface area contributed by atoms with Gasteiger partial charge in [-0.15, -0.1) is 10.2 Å². The van der Waals surface area contributed by atoms with Crippen LogP contribution in [0.1, 0.15) is 47.7 Å². The summed E-state index contributed by atoms with van der Waals surface area (Å²) in [6.07, 6.45) is 3.36. The molecule has 1 saturated carbocycles. The van der Waals surface area contributed by atoms with Crippen molar-refractivity contribution >= 4 is 5.91 Å². The van der Waals surface area contributed by atoms with Crippen molar-refractivity contribution in [2.45, 2.75) is 38.3 Å². The minimum absolute atomic E-state index is 0.135. The Kier molecular flexibility index (Phi) is 5.51. The van der Waals surface area contributed by atoms with Crippen LogP contribution in [-0.4, -0.2) is 57.3 Å². The van der Waals surface area contributed by atoms with Crippen molar-refractivity contribution in [3.63, 3.8) is 0 Å². The summed E-state index contributed by atoms with van der Waals surface area (Å²) >= 11 is 0. The topological polar surface area (TPSA) is 85.2 Å². The highest BCUT2D eigenvalue weighted by atomic mass is 16.5. The Morgan fingerprint density at radius 2 is 2.15 bits per heavy atom. The van der Waals surface area contributed by atoms with E-state index in [9.17, 15) is 4.79 Å². The SMILES string of the molecule is CCOc1ncccc1C(=O)NC1CC(c2nnc(CN(C)C)n2C)C1. The van der Waals surface area contributed by atoms with Crippen LogP contribution >= 0.6 is 0 Å². The number of hydrogen-bond acceptors (Lipinski definition) is 6. The van der Waals surface area contributed by atoms with Gasteiger partial charge in [-0.25, -0.2) is 4.98 Å². The van der Waals surface area contributed by atoms with Gasteiger partial charge in [-0.2, -0.15) is 0 Å². The number of carbonyl (C=O) groups excluding carboxylic acids is 1. The van der Waals surface area contributed by atoms with E-state index in [0.29, 0.717) is 24.0 Å². The minimum atomic E-state index is -0.142. The molecule has 1 aliphatic rings. The molecule has 0 aliphatic heterocycles. The van der Waals surface area contributed by atoms with Crippen LogP contribution in [0.2, 0.25) is 0 Å². The quantitative estimate of drug-likeness (QED) is 0.804. The summed E-state index contributed by atoms with van der Waals surface area (Å²) in [7, 11) is 6.03. The minimum Gasteiger partial charge on any atom is -0.477 e. The molecule has 140 valence electrons. The lowest BCUT2D eigenvalue weighted by Crippen LogP contribution is -2.44. The maximum atomic E-state index is 12.5. The molecule has 1 N–H and O–H groups in total. The van der Waals surface area contributed by atoms with Gasteiger partial charge in [0.25, 0.3) is 5.91 Å². The molecule has 0 bridgehead atoms. The summed E-state index contributed by atoms with van der Waals surface area (Å²) in [5, 5.41) is 11.7. The Balaban J connectivity index is 1.58. The molecule has 8 nitrogen and oxygen atoms in total. The van der Waals surface area contributed by atoms with Crippen LogP contribution in [0.25, 0.3) is 0 Å². The second kappa shape index (κ2) is 7.82. The number of amides is 1. The van der Waals surface area contributed by atoms with E-state index in [4.69, 9.17) is 4.74 Å². The molecule has 0 unspecified atom stereocenters. The number of ether oxygens (including phenoxy) is 1. The first-order chi connectivity index (χ1) is 12.5. The lowest BCUT2D eigenvalue weighted by Gasteiger charge is -2.35. The van der Waals surface area contributed by atoms with E-state index in [0.717, 1.165) is 31.0 Å². The Hall–Kier alpha value is -2.48. The van der Waals surface area contributed by atoms with Gasteiger partial charge in [-0.05, 0) is 46.0 Å². The lowest BCUT2D eigenvalue weighted by molar-refractivity contribution is 0.0902. The Morgan fingerprint density at radius 1 is 1.38 bits per heavy atom. The molecule has 0 spiro atoms. The van der Waals surface area contributed by atoms with Crippen LogP contribution in [-0.2, 0) is 13.6 Å². The molecule has 1 amide bonds. The molecule has 2 aromatic heterocycles. The Labute approximate surface area is 153 Å². The zero-order valence-corrected chi connectivity index (χ0v) is 15.8. The fourth-order valence-electron chi connectivity index (χ4n) is 3.18. The zero-order chi connectivity index (χ0) is 18.7. The van der Waals surface area contributed by atoms with Crippen LogP contribution in [0, 0.1) is 0 Å². The van der Waals surface area contributed by atoms with Crippen molar-refractivity contribution in [3.8, 4) is 5.88 Å². The predicted octanol–water partition coefficient (Wildman–Crippen LogP) is 1.35. The standard InChI is InChI=1S/C18H26N6O2/c1-5-26-18-14(7-6-8-19-18)17(25)20-13-9-12(10-13)16-22-21-15(24(16)4)11-23(2)3/h6-8,12-13H,5,9-11H2,1-4H3,(H,20,25). The lowest BCUT2D eigenvalue weighted by atomic mass is 9.79. The molecule has 2 aromatic rings. The van der Waals surface area contributed by atoms with Crippen molar-refractivity contribution in [1.82, 2.24) is 30.0 Å². The largest absolute Gasteiger partial charge is 0.477 e. The second-order valence-corrected chi connectivity index (χ2v) is 6.90. The first kappa shape index (κ1) is 18.3. The van der Waals surface area contributed by atoms with E-state index in [-0.39, 0.29) is 11.9 Å². The first-order valence-electron chi connectivity index (χ1n) is 8.91. The number of pyridine rings is 1. The summed E-state index contributed by atoms with van der Waals surface area (Å²) < 4.78 is 7.50. The zero-order valence-electron chi connectivity index (χ0n) is 15.8. The summed E-state index contributed by atoms with van der Waals surface area (Å²) in [5.74, 6) is 2.51. The van der Waals surface area contributed by atoms with Gasteiger partial charge in [0.1, 0.15) is 17.2 Å². The third-order valence-corrected chi connectivity index (χ3v) is 4.59. The molecule has 1 aliphatic carbocycles. The maximum Gasteiger partial charge on any atom is 0.256 e. The van der Waals surface area contributed by atoms with Crippen LogP contribution in [0.15, 0.2) is 18.3 Å². The highest BCUT2D eigenvalue weighted by molar-refractivity contribution is 5.96. The smallest absolute Gasteiger partial charge is 0.256 e. The fraction of sp³-hybridized carbons (Fsp3) is 0.556. The molecular weight excluding hydrogens is 332 g/mol. The van der Waals surface area contributed by atoms with Gasteiger partial charge in [0, 0.05) is 25.2 Å². The van der Waals surface area contributed by atoms with Crippen LogP contribution in [0.3, 0.4) is 0 Å². The molecule has 0 saturated heterocycles. The molecule has 2 heterocycles. The van der Waals surface area contributed by atoms with Gasteiger partial charge in [-0.3, -0.25) is 4.79 Å². The highest BCUT2D eigenvalue weighted by Gasteiger charge is 2.35. The average molecular weight is 358 g/mol. The van der Waals surface area contributed by atoms with Gasteiger partial charge in [0.2, 0.25) is 5.88 Å². The Morgan fingerprint density at radius 3 is 2.85 bits per heavy atom. The third kappa shape index (κ3) is 3.85. The van der Waals surface area contributed by atoms with E-state index >= 15 is 0 Å². The van der Waals surface area contributed by atoms with Crippen LogP contribution in [0.4, 0.5) is 0 Å². The number of rotatable bonds is 7. The van der Waals surface area contributed by atoms with E-state index < -0.39 is 0 Å². The molecule has 8 heteroatoms. The van der Waals surface area contributed by atoms with E-state index in [2.05, 4.69) is 30.0 Å². The monoisotopic (exact) mass is 358 g/mol. The summed E-state index contributed by atoms with van der Waals surface area (Å²) in [4.78, 5) is 18.7. The highest BCUT2D eigenvalue weighted by Crippen LogP contribution is 2.36. The summed E-state index contributed by atoms with van der Waals surface area (Å²) in [5.41, 5.74) is 0.477. The van der Waals surface area contributed by atoms with Gasteiger partial charge in [-0.1, -0.05) is 0 Å². The molecule has 0 aromatic carbocycles. The average Bonchev–Trinajstić information content (AvgIpc) is 2.91. The maximum absolute atomic E-state index is 12.5. The Bertz CT molecular complexity index is 767. The summed E-state index contributed by atoms with van der Waals surface area (Å²) in [6, 6.07) is 3.61. The van der Waals surface area contributed by atoms with Crippen molar-refractivity contribution in [1.29, 1.82) is 0 Å². The van der Waals surface area contributed by atoms with E-state index in [1.165, 1.54) is 0 Å². The number of hydrogen-bond donors (Lipinski definition) is 1. The predicted molar refractivity (Wildman–Crippen MR) is 97.0 cm³/mol. The fourth-order valence-corrected chi connectivity index (χ4v) is 3.18. The molecule has 0 radical (unpaired) electrons. The van der Waals surface area contributed by atoms with Crippen LogP contribution < -0.4 is 10.1 Å². The van der Waals surface area contributed by atoms with Crippen molar-refractivity contribution in [3.05, 3.63) is 35.5 Å². The molecule has 0 atom stereocenters. The number of nitrogens with one attached hydrogen (secondary N) is 1. The second-order valence-electron chi connectivity index (χ2n) is 6.90. The van der Waals surface area contributed by atoms with Crippen molar-refractivity contribution in [2.24, 2.45) is 7.05 Å². The number of nitrogens with zero attached hydrogens (tertiary/aromatic N) is 5. The van der Waals surface area contributed by atoms with Crippen molar-refractivity contribution < 1.29 is 9.53 Å². The number of aromatic nitrogens is 4. The van der Waals surface area contributed by atoms with E-state index in [1.807, 2.05) is 28.1 Å². The third-order valence-electron chi connectivity index (χ3n) is 4.59. The number of carbonyl (C=O) groups is 1. The van der Waals surface area contributed by atoms with Gasteiger partial charge < -0.3 is 19.5 Å². The molecule has 3 rings (SSSR count). The molecule has 26 heavy (non-hydrogen) atoms. The van der Waals surface area contributed by atoms with Gasteiger partial charge in [0.15, 0.2) is 0 Å². The molecular formula is C18H26N6O2. The normalized spacial score (nSPS) is 19.3. The van der Waals surface area contributed by atoms with Crippen molar-refractivity contribution in [2.75, 3.05) is 20.7 Å². The van der Waals surface area contributed by atoms with Gasteiger partial charge >= 0.3 is 0 Å². The molecule has 1 fully saturated rings. The summed E-state index contributed by atoms with van der Waals surface area (Å²) in [6.45, 7) is 3.11. The van der Waals surface area contributed by atoms with Gasteiger partial charge in [0.05, 0.1) is 13.2 Å². The van der Waals surface area contributed by atoms with Crippen LogP contribution in [0.5, 0.6) is 5.88 Å². The van der Waals surface area contributed by atoms with E-state index in [1.54, 1.807) is 18.3 Å². The first-order valence-corrected chi connectivity index (χ1v) is 8.91.